The number of hydrogen-bond donors (Lipinski definition) is 2. The van der Waals surface area contributed by atoms with E-state index in [9.17, 15) is 0 Å². The number of benzene rings is 2. The summed E-state index contributed by atoms with van der Waals surface area (Å²) < 4.78 is 1.97. The van der Waals surface area contributed by atoms with Crippen LogP contribution in [0.15, 0.2) is 48.8 Å². The zero-order chi connectivity index (χ0) is 13.4. The number of aryl methyl sites for hydroxylation is 1. The lowest BCUT2D eigenvalue weighted by molar-refractivity contribution is 1.08. The Kier molecular flexibility index (Phi) is 2.56. The van der Waals surface area contributed by atoms with E-state index in [2.05, 4.69) is 4.98 Å². The fourth-order valence-corrected chi connectivity index (χ4v) is 2.22. The van der Waals surface area contributed by atoms with E-state index in [1.807, 2.05) is 54.0 Å². The van der Waals surface area contributed by atoms with Crippen LogP contribution in [0.1, 0.15) is 11.1 Å². The van der Waals surface area contributed by atoms with Gasteiger partial charge in [-0.2, -0.15) is 0 Å². The monoisotopic (exact) mass is 250 g/mol. The molecule has 0 radical (unpaired) electrons. The number of para-hydroxylation sites is 2. The van der Waals surface area contributed by atoms with Crippen LogP contribution in [0.4, 0.5) is 0 Å². The molecule has 2 aromatic carbocycles. The third kappa shape index (κ3) is 1.87. The summed E-state index contributed by atoms with van der Waals surface area (Å²) in [6.07, 6.45) is 1.77. The highest BCUT2D eigenvalue weighted by molar-refractivity contribution is 5.99. The molecule has 0 aliphatic rings. The summed E-state index contributed by atoms with van der Waals surface area (Å²) in [4.78, 5) is 4.38. The summed E-state index contributed by atoms with van der Waals surface area (Å²) in [5, 5.41) is 7.70. The number of hydrogen-bond acceptors (Lipinski definition) is 2. The first-order chi connectivity index (χ1) is 9.16. The smallest absolute Gasteiger partial charge is 0.124 e. The van der Waals surface area contributed by atoms with Gasteiger partial charge in [0, 0.05) is 5.56 Å². The second-order valence-corrected chi connectivity index (χ2v) is 4.54. The maximum Gasteiger partial charge on any atom is 0.124 e. The largest absolute Gasteiger partial charge is 0.384 e. The van der Waals surface area contributed by atoms with Crippen LogP contribution in [0.3, 0.4) is 0 Å². The van der Waals surface area contributed by atoms with Crippen molar-refractivity contribution in [3.05, 3.63) is 59.9 Å². The molecule has 3 aromatic rings. The fraction of sp³-hybridized carbons (Fsp3) is 0.0667. The van der Waals surface area contributed by atoms with Gasteiger partial charge in [-0.15, -0.1) is 0 Å². The SMILES string of the molecule is Cc1ccc(C(=N)N)c(-n2cnc3ccccc32)c1. The quantitative estimate of drug-likeness (QED) is 0.542. The van der Waals surface area contributed by atoms with Gasteiger partial charge in [0.25, 0.3) is 0 Å². The average Bonchev–Trinajstić information content (AvgIpc) is 2.82. The highest BCUT2D eigenvalue weighted by atomic mass is 15.1. The standard InChI is InChI=1S/C15H14N4/c1-10-6-7-11(15(16)17)14(8-10)19-9-18-12-4-2-3-5-13(12)19/h2-9H,1H3,(H3,16,17). The van der Waals surface area contributed by atoms with Gasteiger partial charge in [-0.3, -0.25) is 9.98 Å². The Balaban J connectivity index is 2.32. The first kappa shape index (κ1) is 11.5. The zero-order valence-corrected chi connectivity index (χ0v) is 10.6. The van der Waals surface area contributed by atoms with Crippen LogP contribution < -0.4 is 5.73 Å². The number of aromatic nitrogens is 2. The van der Waals surface area contributed by atoms with E-state index >= 15 is 0 Å². The normalized spacial score (nSPS) is 10.8. The van der Waals surface area contributed by atoms with E-state index in [1.54, 1.807) is 6.33 Å². The molecular weight excluding hydrogens is 236 g/mol. The Morgan fingerprint density at radius 2 is 2.00 bits per heavy atom. The highest BCUT2D eigenvalue weighted by Crippen LogP contribution is 2.22. The number of nitrogen functional groups attached to an aromatic ring is 1. The molecule has 0 saturated heterocycles. The maximum atomic E-state index is 7.70. The van der Waals surface area contributed by atoms with Crippen molar-refractivity contribution in [3.63, 3.8) is 0 Å². The van der Waals surface area contributed by atoms with Gasteiger partial charge in [0.2, 0.25) is 0 Å². The molecule has 1 heterocycles. The lowest BCUT2D eigenvalue weighted by Crippen LogP contribution is -2.14. The number of imidazole rings is 1. The second-order valence-electron chi connectivity index (χ2n) is 4.54. The number of fused-ring (bicyclic) bond motifs is 1. The van der Waals surface area contributed by atoms with Crippen LogP contribution in [0.5, 0.6) is 0 Å². The van der Waals surface area contributed by atoms with Crippen molar-refractivity contribution in [1.82, 2.24) is 9.55 Å². The molecule has 0 aliphatic heterocycles. The predicted octanol–water partition coefficient (Wildman–Crippen LogP) is 2.62. The lowest BCUT2D eigenvalue weighted by Gasteiger charge is -2.11. The summed E-state index contributed by atoms with van der Waals surface area (Å²) in [5.41, 5.74) is 10.3. The maximum absolute atomic E-state index is 7.70. The molecule has 0 bridgehead atoms. The molecule has 0 spiro atoms. The van der Waals surface area contributed by atoms with Gasteiger partial charge in [0.1, 0.15) is 12.2 Å². The Morgan fingerprint density at radius 1 is 1.21 bits per heavy atom. The molecule has 4 heteroatoms. The van der Waals surface area contributed by atoms with E-state index in [1.165, 1.54) is 0 Å². The third-order valence-corrected chi connectivity index (χ3v) is 3.16. The molecule has 0 saturated carbocycles. The van der Waals surface area contributed by atoms with Gasteiger partial charge in [0.15, 0.2) is 0 Å². The first-order valence-corrected chi connectivity index (χ1v) is 6.04. The van der Waals surface area contributed by atoms with Crippen molar-refractivity contribution in [1.29, 1.82) is 5.41 Å². The minimum absolute atomic E-state index is 0.0628. The molecule has 0 aliphatic carbocycles. The van der Waals surface area contributed by atoms with Gasteiger partial charge in [-0.25, -0.2) is 4.98 Å². The van der Waals surface area contributed by atoms with E-state index in [0.717, 1.165) is 22.3 Å². The van der Waals surface area contributed by atoms with Crippen molar-refractivity contribution in [2.24, 2.45) is 5.73 Å². The van der Waals surface area contributed by atoms with E-state index < -0.39 is 0 Å². The van der Waals surface area contributed by atoms with Gasteiger partial charge >= 0.3 is 0 Å². The van der Waals surface area contributed by atoms with Crippen LogP contribution in [-0.2, 0) is 0 Å². The molecule has 0 amide bonds. The molecule has 0 atom stereocenters. The minimum atomic E-state index is 0.0628. The van der Waals surface area contributed by atoms with Crippen molar-refractivity contribution in [2.45, 2.75) is 6.92 Å². The summed E-state index contributed by atoms with van der Waals surface area (Å²) in [7, 11) is 0. The van der Waals surface area contributed by atoms with Crippen molar-refractivity contribution < 1.29 is 0 Å². The molecule has 19 heavy (non-hydrogen) atoms. The second kappa shape index (κ2) is 4.24. The summed E-state index contributed by atoms with van der Waals surface area (Å²) in [6.45, 7) is 2.02. The molecule has 0 fully saturated rings. The number of nitrogens with one attached hydrogen (secondary N) is 1. The Morgan fingerprint density at radius 3 is 2.79 bits per heavy atom. The van der Waals surface area contributed by atoms with Crippen molar-refractivity contribution >= 4 is 16.9 Å². The van der Waals surface area contributed by atoms with E-state index in [4.69, 9.17) is 11.1 Å². The predicted molar refractivity (Wildman–Crippen MR) is 76.8 cm³/mol. The van der Waals surface area contributed by atoms with Crippen LogP contribution in [0.25, 0.3) is 16.7 Å². The van der Waals surface area contributed by atoms with Crippen LogP contribution >= 0.6 is 0 Å². The lowest BCUT2D eigenvalue weighted by atomic mass is 10.1. The molecule has 3 N–H and O–H groups in total. The number of nitrogens with two attached hydrogens (primary N) is 1. The Labute approximate surface area is 111 Å². The number of nitrogens with zero attached hydrogens (tertiary/aromatic N) is 2. The molecule has 4 nitrogen and oxygen atoms in total. The number of amidine groups is 1. The molecular formula is C15H14N4. The number of rotatable bonds is 2. The molecule has 1 aromatic heterocycles. The molecule has 0 unspecified atom stereocenters. The van der Waals surface area contributed by atoms with Crippen molar-refractivity contribution in [2.75, 3.05) is 0 Å². The zero-order valence-electron chi connectivity index (χ0n) is 10.6. The minimum Gasteiger partial charge on any atom is -0.384 e. The highest BCUT2D eigenvalue weighted by Gasteiger charge is 2.10. The van der Waals surface area contributed by atoms with Crippen LogP contribution in [0, 0.1) is 12.3 Å². The first-order valence-electron chi connectivity index (χ1n) is 6.04. The average molecular weight is 250 g/mol. The van der Waals surface area contributed by atoms with Gasteiger partial charge in [-0.05, 0) is 36.8 Å². The fourth-order valence-electron chi connectivity index (χ4n) is 2.22. The van der Waals surface area contributed by atoms with E-state index in [0.29, 0.717) is 5.56 Å². The van der Waals surface area contributed by atoms with Gasteiger partial charge in [0.05, 0.1) is 16.7 Å². The topological polar surface area (TPSA) is 67.7 Å². The third-order valence-electron chi connectivity index (χ3n) is 3.16. The van der Waals surface area contributed by atoms with Crippen LogP contribution in [-0.4, -0.2) is 15.4 Å². The Bertz CT molecular complexity index is 771. The molecule has 94 valence electrons. The molecule has 3 rings (SSSR count). The van der Waals surface area contributed by atoms with Crippen molar-refractivity contribution in [3.8, 4) is 5.69 Å². The van der Waals surface area contributed by atoms with E-state index in [-0.39, 0.29) is 5.84 Å². The van der Waals surface area contributed by atoms with Crippen LogP contribution in [0.2, 0.25) is 0 Å². The van der Waals surface area contributed by atoms with Gasteiger partial charge < -0.3 is 5.73 Å². The summed E-state index contributed by atoms with van der Waals surface area (Å²) in [5.74, 6) is 0.0628. The Hall–Kier alpha value is -2.62. The summed E-state index contributed by atoms with van der Waals surface area (Å²) >= 11 is 0. The van der Waals surface area contributed by atoms with Gasteiger partial charge in [-0.1, -0.05) is 18.2 Å². The summed E-state index contributed by atoms with van der Waals surface area (Å²) in [6, 6.07) is 13.8.